The number of hydrogen-bond acceptors (Lipinski definition) is 3. The van der Waals surface area contributed by atoms with Gasteiger partial charge in [-0.2, -0.15) is 0 Å². The Morgan fingerprint density at radius 3 is 2.54 bits per heavy atom. The third kappa shape index (κ3) is 3.38. The first kappa shape index (κ1) is 10.6. The quantitative estimate of drug-likeness (QED) is 0.418. The third-order valence-corrected chi connectivity index (χ3v) is 2.48. The van der Waals surface area contributed by atoms with Crippen molar-refractivity contribution in [1.82, 2.24) is 0 Å². The first-order chi connectivity index (χ1) is 6.04. The molecular weight excluding hydrogens is 188 g/mol. The number of ether oxygens (including phenoxy) is 1. The van der Waals surface area contributed by atoms with Crippen molar-refractivity contribution in [3.8, 4) is 0 Å². The lowest BCUT2D eigenvalue weighted by Gasteiger charge is -2.07. The van der Waals surface area contributed by atoms with E-state index >= 15 is 0 Å². The summed E-state index contributed by atoms with van der Waals surface area (Å²) >= 11 is 3.61. The maximum Gasteiger partial charge on any atom is 0.311 e. The van der Waals surface area contributed by atoms with Crippen molar-refractivity contribution in [3.05, 3.63) is 0 Å². The second-order valence-corrected chi connectivity index (χ2v) is 4.19. The Morgan fingerprint density at radius 1 is 1.46 bits per heavy atom. The standard InChI is InChI=1S/C9H14O3S/c1-9(4-5-9)8(11)12-6-2-3-7(10)13/h2-6H2,1H3,(H,10,13). The molecule has 0 aromatic heterocycles. The Hall–Kier alpha value is -0.510. The van der Waals surface area contributed by atoms with Crippen LogP contribution >= 0.6 is 12.6 Å². The van der Waals surface area contributed by atoms with Gasteiger partial charge in [-0.1, -0.05) is 0 Å². The molecule has 0 saturated heterocycles. The van der Waals surface area contributed by atoms with Crippen LogP contribution in [-0.2, 0) is 14.3 Å². The van der Waals surface area contributed by atoms with Crippen molar-refractivity contribution in [2.45, 2.75) is 32.6 Å². The largest absolute Gasteiger partial charge is 0.465 e. The average Bonchev–Trinajstić information content (AvgIpc) is 2.78. The smallest absolute Gasteiger partial charge is 0.311 e. The molecule has 0 aliphatic heterocycles. The van der Waals surface area contributed by atoms with E-state index in [9.17, 15) is 9.59 Å². The molecule has 0 atom stereocenters. The lowest BCUT2D eigenvalue weighted by atomic mass is 10.1. The lowest BCUT2D eigenvalue weighted by Crippen LogP contribution is -2.16. The van der Waals surface area contributed by atoms with E-state index in [0.29, 0.717) is 19.4 Å². The van der Waals surface area contributed by atoms with Gasteiger partial charge < -0.3 is 4.74 Å². The summed E-state index contributed by atoms with van der Waals surface area (Å²) in [6.07, 6.45) is 2.80. The van der Waals surface area contributed by atoms with Gasteiger partial charge in [0.2, 0.25) is 0 Å². The van der Waals surface area contributed by atoms with Gasteiger partial charge in [0.25, 0.3) is 0 Å². The van der Waals surface area contributed by atoms with Crippen LogP contribution in [0.3, 0.4) is 0 Å². The van der Waals surface area contributed by atoms with Crippen LogP contribution in [-0.4, -0.2) is 17.7 Å². The number of esters is 1. The van der Waals surface area contributed by atoms with Crippen LogP contribution in [0.15, 0.2) is 0 Å². The van der Waals surface area contributed by atoms with E-state index in [-0.39, 0.29) is 16.5 Å². The van der Waals surface area contributed by atoms with Gasteiger partial charge >= 0.3 is 5.97 Å². The molecule has 0 aromatic rings. The van der Waals surface area contributed by atoms with Crippen molar-refractivity contribution >= 4 is 23.7 Å². The molecule has 1 saturated carbocycles. The highest BCUT2D eigenvalue weighted by molar-refractivity contribution is 7.96. The van der Waals surface area contributed by atoms with Crippen molar-refractivity contribution in [2.75, 3.05) is 6.61 Å². The molecular formula is C9H14O3S. The minimum Gasteiger partial charge on any atom is -0.465 e. The summed E-state index contributed by atoms with van der Waals surface area (Å²) in [7, 11) is 0. The molecule has 0 aromatic carbocycles. The molecule has 0 radical (unpaired) electrons. The molecule has 1 aliphatic carbocycles. The molecule has 1 fully saturated rings. The fourth-order valence-corrected chi connectivity index (χ4v) is 1.11. The van der Waals surface area contributed by atoms with Crippen LogP contribution in [0.2, 0.25) is 0 Å². The summed E-state index contributed by atoms with van der Waals surface area (Å²) in [5.41, 5.74) is -0.217. The molecule has 13 heavy (non-hydrogen) atoms. The maximum atomic E-state index is 11.2. The van der Waals surface area contributed by atoms with Gasteiger partial charge in [-0.15, -0.1) is 12.6 Å². The Labute approximate surface area is 83.2 Å². The van der Waals surface area contributed by atoms with E-state index in [1.54, 1.807) is 0 Å². The summed E-state index contributed by atoms with van der Waals surface area (Å²) in [6.45, 7) is 2.24. The van der Waals surface area contributed by atoms with E-state index in [1.165, 1.54) is 0 Å². The van der Waals surface area contributed by atoms with Crippen LogP contribution in [0.5, 0.6) is 0 Å². The lowest BCUT2D eigenvalue weighted by molar-refractivity contribution is -0.149. The van der Waals surface area contributed by atoms with Crippen molar-refractivity contribution in [1.29, 1.82) is 0 Å². The topological polar surface area (TPSA) is 43.4 Å². The van der Waals surface area contributed by atoms with Crippen molar-refractivity contribution in [2.24, 2.45) is 5.41 Å². The molecule has 1 rings (SSSR count). The monoisotopic (exact) mass is 202 g/mol. The summed E-state index contributed by atoms with van der Waals surface area (Å²) < 4.78 is 4.99. The molecule has 0 unspecified atom stereocenters. The van der Waals surface area contributed by atoms with Gasteiger partial charge in [-0.05, 0) is 26.2 Å². The fraction of sp³-hybridized carbons (Fsp3) is 0.778. The summed E-state index contributed by atoms with van der Waals surface area (Å²) in [5.74, 6) is -0.126. The zero-order chi connectivity index (χ0) is 9.90. The van der Waals surface area contributed by atoms with Crippen molar-refractivity contribution in [3.63, 3.8) is 0 Å². The first-order valence-electron chi connectivity index (χ1n) is 4.44. The van der Waals surface area contributed by atoms with Gasteiger partial charge in [0.15, 0.2) is 5.12 Å². The van der Waals surface area contributed by atoms with Crippen LogP contribution < -0.4 is 0 Å². The summed E-state index contributed by atoms with van der Waals surface area (Å²) in [5, 5.41) is -0.159. The number of rotatable bonds is 5. The minimum atomic E-state index is -0.217. The maximum absolute atomic E-state index is 11.2. The summed E-state index contributed by atoms with van der Waals surface area (Å²) in [6, 6.07) is 0. The molecule has 4 heteroatoms. The van der Waals surface area contributed by atoms with Gasteiger partial charge in [0, 0.05) is 6.42 Å². The van der Waals surface area contributed by atoms with E-state index in [0.717, 1.165) is 12.8 Å². The molecule has 0 heterocycles. The Kier molecular flexibility index (Phi) is 3.36. The number of hydrogen-bond donors (Lipinski definition) is 1. The highest BCUT2D eigenvalue weighted by Crippen LogP contribution is 2.45. The number of carbonyl (C=O) groups is 2. The molecule has 3 nitrogen and oxygen atoms in total. The summed E-state index contributed by atoms with van der Waals surface area (Å²) in [4.78, 5) is 21.7. The van der Waals surface area contributed by atoms with Gasteiger partial charge in [0.05, 0.1) is 12.0 Å². The van der Waals surface area contributed by atoms with Gasteiger partial charge in [-0.25, -0.2) is 0 Å². The normalized spacial score (nSPS) is 18.0. The van der Waals surface area contributed by atoms with E-state index in [2.05, 4.69) is 12.6 Å². The van der Waals surface area contributed by atoms with Crippen molar-refractivity contribution < 1.29 is 14.3 Å². The molecule has 0 bridgehead atoms. The molecule has 0 amide bonds. The Bertz CT molecular complexity index is 221. The van der Waals surface area contributed by atoms with E-state index in [4.69, 9.17) is 4.74 Å². The predicted octanol–water partition coefficient (Wildman–Crippen LogP) is 1.57. The highest BCUT2D eigenvalue weighted by atomic mass is 32.1. The van der Waals surface area contributed by atoms with Crippen LogP contribution in [0.4, 0.5) is 0 Å². The average molecular weight is 202 g/mol. The second-order valence-electron chi connectivity index (χ2n) is 3.69. The second kappa shape index (κ2) is 4.13. The molecule has 74 valence electrons. The van der Waals surface area contributed by atoms with Gasteiger partial charge in [0.1, 0.15) is 0 Å². The zero-order valence-electron chi connectivity index (χ0n) is 7.71. The number of thiol groups is 1. The predicted molar refractivity (Wildman–Crippen MR) is 51.5 cm³/mol. The van der Waals surface area contributed by atoms with Crippen LogP contribution in [0.1, 0.15) is 32.6 Å². The van der Waals surface area contributed by atoms with Crippen LogP contribution in [0, 0.1) is 5.41 Å². The first-order valence-corrected chi connectivity index (χ1v) is 4.88. The molecule has 1 aliphatic rings. The highest BCUT2D eigenvalue weighted by Gasteiger charge is 2.46. The van der Waals surface area contributed by atoms with E-state index < -0.39 is 0 Å². The SMILES string of the molecule is CC1(C(=O)OCCCC(=O)S)CC1. The molecule has 0 spiro atoms. The van der Waals surface area contributed by atoms with Crippen LogP contribution in [0.25, 0.3) is 0 Å². The Morgan fingerprint density at radius 2 is 2.08 bits per heavy atom. The number of carbonyl (C=O) groups excluding carboxylic acids is 2. The molecule has 0 N–H and O–H groups in total. The fourth-order valence-electron chi connectivity index (χ4n) is 0.954. The zero-order valence-corrected chi connectivity index (χ0v) is 8.60. The Balaban J connectivity index is 2.06. The van der Waals surface area contributed by atoms with Gasteiger partial charge in [-0.3, -0.25) is 9.59 Å². The van der Waals surface area contributed by atoms with E-state index in [1.807, 2.05) is 6.92 Å². The minimum absolute atomic E-state index is 0.126. The third-order valence-electron chi connectivity index (χ3n) is 2.26.